The molecule has 0 fully saturated rings. The highest BCUT2D eigenvalue weighted by Gasteiger charge is 2.53. The van der Waals surface area contributed by atoms with Crippen molar-refractivity contribution >= 4 is 17.8 Å². The van der Waals surface area contributed by atoms with Gasteiger partial charge in [-0.3, -0.25) is 4.79 Å². The van der Waals surface area contributed by atoms with E-state index in [1.807, 2.05) is 60.7 Å². The fourth-order valence-corrected chi connectivity index (χ4v) is 3.98. The maximum absolute atomic E-state index is 13.2. The Kier molecular flexibility index (Phi) is 5.92. The molecule has 0 N–H and O–H groups in total. The quantitative estimate of drug-likeness (QED) is 0.704. The smallest absolute Gasteiger partial charge is 0.418 e. The Morgan fingerprint density at radius 2 is 1.57 bits per heavy atom. The van der Waals surface area contributed by atoms with Crippen LogP contribution in [0.25, 0.3) is 0 Å². The van der Waals surface area contributed by atoms with Crippen molar-refractivity contribution in [1.82, 2.24) is 4.90 Å². The first-order chi connectivity index (χ1) is 14.1. The molecule has 1 heterocycles. The molecule has 1 aliphatic rings. The molecular formula is C25H27NO4. The van der Waals surface area contributed by atoms with Gasteiger partial charge in [0.1, 0.15) is 16.9 Å². The zero-order valence-corrected chi connectivity index (χ0v) is 17.8. The molecule has 2 aromatic rings. The highest BCUT2D eigenvalue weighted by molar-refractivity contribution is 6.03. The van der Waals surface area contributed by atoms with Gasteiger partial charge in [0.25, 0.3) is 5.91 Å². The fraction of sp³-hybridized carbons (Fsp3) is 0.320. The van der Waals surface area contributed by atoms with Gasteiger partial charge in [-0.25, -0.2) is 9.69 Å². The number of ether oxygens (including phenoxy) is 1. The van der Waals surface area contributed by atoms with Crippen LogP contribution in [0.1, 0.15) is 51.2 Å². The Balaban J connectivity index is 2.25. The highest BCUT2D eigenvalue weighted by Crippen LogP contribution is 2.48. The van der Waals surface area contributed by atoms with Crippen LogP contribution in [0.15, 0.2) is 72.8 Å². The normalized spacial score (nSPS) is 19.6. The Labute approximate surface area is 177 Å². The fourth-order valence-electron chi connectivity index (χ4n) is 3.98. The average molecular weight is 405 g/mol. The predicted octanol–water partition coefficient (Wildman–Crippen LogP) is 4.98. The molecule has 30 heavy (non-hydrogen) atoms. The summed E-state index contributed by atoms with van der Waals surface area (Å²) in [6.07, 6.45) is 2.56. The molecule has 2 aromatic carbocycles. The van der Waals surface area contributed by atoms with Crippen molar-refractivity contribution in [3.8, 4) is 0 Å². The molecule has 2 amide bonds. The lowest BCUT2D eigenvalue weighted by molar-refractivity contribution is -0.130. The number of amides is 2. The Bertz CT molecular complexity index is 960. The van der Waals surface area contributed by atoms with Crippen molar-refractivity contribution in [3.63, 3.8) is 0 Å². The molecule has 3 rings (SSSR count). The predicted molar refractivity (Wildman–Crippen MR) is 115 cm³/mol. The number of Topliss-reactive ketones (excluding diaryl/α,β-unsaturated/α-hetero) is 1. The summed E-state index contributed by atoms with van der Waals surface area (Å²) >= 11 is 0. The number of imide groups is 1. The summed E-state index contributed by atoms with van der Waals surface area (Å²) in [5, 5.41) is 0. The van der Waals surface area contributed by atoms with Crippen LogP contribution in [-0.2, 0) is 19.9 Å². The van der Waals surface area contributed by atoms with Gasteiger partial charge < -0.3 is 9.53 Å². The van der Waals surface area contributed by atoms with E-state index in [4.69, 9.17) is 4.74 Å². The molecule has 5 nitrogen and oxygen atoms in total. The van der Waals surface area contributed by atoms with Gasteiger partial charge in [0.2, 0.25) is 0 Å². The molecule has 156 valence electrons. The minimum absolute atomic E-state index is 0.0314. The first kappa shape index (κ1) is 21.5. The number of benzene rings is 2. The molecule has 0 aliphatic carbocycles. The summed E-state index contributed by atoms with van der Waals surface area (Å²) in [6.45, 7) is 6.79. The summed E-state index contributed by atoms with van der Waals surface area (Å²) in [5.41, 5.74) is -0.337. The zero-order chi connectivity index (χ0) is 21.9. The van der Waals surface area contributed by atoms with Crippen LogP contribution in [0, 0.1) is 0 Å². The van der Waals surface area contributed by atoms with Crippen LogP contribution < -0.4 is 0 Å². The van der Waals surface area contributed by atoms with Gasteiger partial charge in [-0.15, -0.1) is 0 Å². The summed E-state index contributed by atoms with van der Waals surface area (Å²) < 4.78 is 5.60. The largest absolute Gasteiger partial charge is 0.443 e. The van der Waals surface area contributed by atoms with Gasteiger partial charge >= 0.3 is 6.09 Å². The van der Waals surface area contributed by atoms with E-state index in [9.17, 15) is 14.4 Å². The molecular weight excluding hydrogens is 378 g/mol. The van der Waals surface area contributed by atoms with Crippen molar-refractivity contribution in [2.75, 3.05) is 0 Å². The second kappa shape index (κ2) is 8.27. The van der Waals surface area contributed by atoms with Crippen molar-refractivity contribution < 1.29 is 19.1 Å². The first-order valence-corrected chi connectivity index (χ1v) is 10.0. The summed E-state index contributed by atoms with van der Waals surface area (Å²) in [7, 11) is 0. The summed E-state index contributed by atoms with van der Waals surface area (Å²) in [4.78, 5) is 39.7. The second-order valence-electron chi connectivity index (χ2n) is 8.55. The lowest BCUT2D eigenvalue weighted by Gasteiger charge is -2.43. The van der Waals surface area contributed by atoms with E-state index in [1.54, 1.807) is 26.8 Å². The third kappa shape index (κ3) is 4.20. The van der Waals surface area contributed by atoms with Crippen LogP contribution in [0.2, 0.25) is 0 Å². The molecule has 0 radical (unpaired) electrons. The number of hydrogen-bond acceptors (Lipinski definition) is 4. The van der Waals surface area contributed by atoms with Gasteiger partial charge in [0.05, 0.1) is 0 Å². The monoisotopic (exact) mass is 405 g/mol. The molecule has 5 heteroatoms. The number of nitrogens with zero attached hydrogens (tertiary/aromatic N) is 1. The molecule has 0 bridgehead atoms. The Morgan fingerprint density at radius 3 is 2.10 bits per heavy atom. The van der Waals surface area contributed by atoms with Crippen LogP contribution in [0.3, 0.4) is 0 Å². The number of carbonyl (C=O) groups excluding carboxylic acids is 3. The lowest BCUT2D eigenvalue weighted by atomic mass is 9.72. The van der Waals surface area contributed by atoms with Crippen LogP contribution in [0.5, 0.6) is 0 Å². The number of ketones is 1. The van der Waals surface area contributed by atoms with E-state index >= 15 is 0 Å². The third-order valence-electron chi connectivity index (χ3n) is 5.11. The number of hydrogen-bond donors (Lipinski definition) is 0. The highest BCUT2D eigenvalue weighted by atomic mass is 16.6. The molecule has 0 saturated carbocycles. The van der Waals surface area contributed by atoms with E-state index < -0.39 is 29.1 Å². The van der Waals surface area contributed by atoms with Crippen LogP contribution in [-0.4, -0.2) is 28.3 Å². The SMILES string of the molecule is CC(=O)C[C@H](c1ccccc1)[C@]1(c2ccccc2)C=CC(=O)N1C(=O)OC(C)(C)C. The Hall–Kier alpha value is -3.21. The summed E-state index contributed by atoms with van der Waals surface area (Å²) in [6, 6.07) is 18.8. The summed E-state index contributed by atoms with van der Waals surface area (Å²) in [5.74, 6) is -0.956. The van der Waals surface area contributed by atoms with Crippen molar-refractivity contribution in [2.45, 2.75) is 51.2 Å². The van der Waals surface area contributed by atoms with Crippen molar-refractivity contribution in [3.05, 3.63) is 83.9 Å². The lowest BCUT2D eigenvalue weighted by Crippen LogP contribution is -2.53. The second-order valence-corrected chi connectivity index (χ2v) is 8.55. The van der Waals surface area contributed by atoms with Crippen LogP contribution in [0.4, 0.5) is 4.79 Å². The van der Waals surface area contributed by atoms with Gasteiger partial charge in [0.15, 0.2) is 0 Å². The Morgan fingerprint density at radius 1 is 1.00 bits per heavy atom. The van der Waals surface area contributed by atoms with E-state index in [1.165, 1.54) is 13.0 Å². The van der Waals surface area contributed by atoms with Gasteiger partial charge in [-0.2, -0.15) is 0 Å². The minimum Gasteiger partial charge on any atom is -0.443 e. The van der Waals surface area contributed by atoms with E-state index in [0.717, 1.165) is 16.0 Å². The van der Waals surface area contributed by atoms with Crippen molar-refractivity contribution in [1.29, 1.82) is 0 Å². The standard InChI is InChI=1S/C25H27NO4/c1-18(27)17-21(19-11-7-5-8-12-19)25(20-13-9-6-10-14-20)16-15-22(28)26(25)23(29)30-24(2,3)4/h5-16,21H,17H2,1-4H3/t21-,25-/m1/s1. The molecule has 0 spiro atoms. The van der Waals surface area contributed by atoms with E-state index in [-0.39, 0.29) is 12.2 Å². The van der Waals surface area contributed by atoms with Gasteiger partial charge in [-0.1, -0.05) is 60.7 Å². The van der Waals surface area contributed by atoms with E-state index in [2.05, 4.69) is 0 Å². The maximum Gasteiger partial charge on any atom is 0.418 e. The molecule has 2 atom stereocenters. The zero-order valence-electron chi connectivity index (χ0n) is 17.8. The first-order valence-electron chi connectivity index (χ1n) is 10.0. The maximum atomic E-state index is 13.2. The minimum atomic E-state index is -1.17. The number of rotatable bonds is 5. The molecule has 0 aromatic heterocycles. The van der Waals surface area contributed by atoms with Crippen molar-refractivity contribution in [2.24, 2.45) is 0 Å². The molecule has 0 unspecified atom stereocenters. The van der Waals surface area contributed by atoms with E-state index in [0.29, 0.717) is 0 Å². The molecule has 0 saturated heterocycles. The number of carbonyl (C=O) groups is 3. The van der Waals surface area contributed by atoms with Crippen LogP contribution >= 0.6 is 0 Å². The topological polar surface area (TPSA) is 63.7 Å². The third-order valence-corrected chi connectivity index (χ3v) is 5.11. The average Bonchev–Trinajstić information content (AvgIpc) is 3.04. The molecule has 1 aliphatic heterocycles. The van der Waals surface area contributed by atoms with Gasteiger partial charge in [-0.05, 0) is 44.9 Å². The van der Waals surface area contributed by atoms with Gasteiger partial charge in [0, 0.05) is 18.4 Å².